The molecule has 2 aromatic carbocycles. The Morgan fingerprint density at radius 2 is 1.85 bits per heavy atom. The molecule has 7 nitrogen and oxygen atoms in total. The molecule has 2 N–H and O–H groups in total. The number of hydrogen-bond acceptors (Lipinski definition) is 6. The number of carbonyl (C=O) groups is 1. The van der Waals surface area contributed by atoms with Crippen LogP contribution in [0.3, 0.4) is 0 Å². The molecule has 2 aromatic rings. The standard InChI is InChI=1S/C20H22N2O5/c1-24-14-4-2-13(3-5-14)16-9-22(10-17(16)21)20(23)11-25-15-6-7-18-19(8-15)27-12-26-18/h2-8,16-17H,9-12,21H2,1H3/t16-,17+/m1/s1. The van der Waals surface area contributed by atoms with Crippen LogP contribution >= 0.6 is 0 Å². The van der Waals surface area contributed by atoms with Crippen LogP contribution in [0.25, 0.3) is 0 Å². The van der Waals surface area contributed by atoms with Crippen molar-refractivity contribution in [2.75, 3.05) is 33.6 Å². The van der Waals surface area contributed by atoms with Crippen molar-refractivity contribution in [3.63, 3.8) is 0 Å². The predicted octanol–water partition coefficient (Wildman–Crippen LogP) is 1.76. The van der Waals surface area contributed by atoms with Crippen molar-refractivity contribution < 1.29 is 23.7 Å². The van der Waals surface area contributed by atoms with Crippen LogP contribution in [0.2, 0.25) is 0 Å². The van der Waals surface area contributed by atoms with Gasteiger partial charge in [0.25, 0.3) is 5.91 Å². The molecule has 2 heterocycles. The number of likely N-dealkylation sites (tertiary alicyclic amines) is 1. The summed E-state index contributed by atoms with van der Waals surface area (Å²) in [5, 5.41) is 0. The van der Waals surface area contributed by atoms with E-state index in [2.05, 4.69) is 0 Å². The largest absolute Gasteiger partial charge is 0.497 e. The van der Waals surface area contributed by atoms with E-state index < -0.39 is 0 Å². The molecule has 0 aliphatic carbocycles. The summed E-state index contributed by atoms with van der Waals surface area (Å²) in [6, 6.07) is 13.0. The molecule has 27 heavy (non-hydrogen) atoms. The van der Waals surface area contributed by atoms with Crippen LogP contribution in [0.15, 0.2) is 42.5 Å². The lowest BCUT2D eigenvalue weighted by molar-refractivity contribution is -0.132. The number of ether oxygens (including phenoxy) is 4. The van der Waals surface area contributed by atoms with Crippen molar-refractivity contribution in [2.24, 2.45) is 5.73 Å². The number of hydrogen-bond donors (Lipinski definition) is 1. The first-order chi connectivity index (χ1) is 13.1. The summed E-state index contributed by atoms with van der Waals surface area (Å²) in [7, 11) is 1.64. The van der Waals surface area contributed by atoms with Crippen molar-refractivity contribution in [1.29, 1.82) is 0 Å². The van der Waals surface area contributed by atoms with Crippen LogP contribution in [0.5, 0.6) is 23.0 Å². The first-order valence-corrected chi connectivity index (χ1v) is 8.84. The maximum atomic E-state index is 12.5. The molecular formula is C20H22N2O5. The average Bonchev–Trinajstić information content (AvgIpc) is 3.32. The van der Waals surface area contributed by atoms with Gasteiger partial charge in [0.2, 0.25) is 6.79 Å². The molecule has 2 atom stereocenters. The number of benzene rings is 2. The topological polar surface area (TPSA) is 83.2 Å². The molecule has 0 spiro atoms. The summed E-state index contributed by atoms with van der Waals surface area (Å²) in [5.41, 5.74) is 7.39. The molecule has 0 unspecified atom stereocenters. The maximum absolute atomic E-state index is 12.5. The number of carbonyl (C=O) groups excluding carboxylic acids is 1. The second kappa shape index (κ2) is 7.36. The molecule has 0 saturated carbocycles. The number of nitrogens with zero attached hydrogens (tertiary/aromatic N) is 1. The first-order valence-electron chi connectivity index (χ1n) is 8.84. The number of rotatable bonds is 5. The Bertz CT molecular complexity index is 824. The smallest absolute Gasteiger partial charge is 0.260 e. The third kappa shape index (κ3) is 3.64. The van der Waals surface area contributed by atoms with Gasteiger partial charge < -0.3 is 29.6 Å². The lowest BCUT2D eigenvalue weighted by Gasteiger charge is -2.17. The van der Waals surface area contributed by atoms with E-state index in [1.165, 1.54) is 0 Å². The van der Waals surface area contributed by atoms with E-state index in [1.54, 1.807) is 30.2 Å². The van der Waals surface area contributed by atoms with Crippen LogP contribution in [0, 0.1) is 0 Å². The van der Waals surface area contributed by atoms with Gasteiger partial charge in [-0.1, -0.05) is 12.1 Å². The molecular weight excluding hydrogens is 348 g/mol. The Kier molecular flexibility index (Phi) is 4.77. The van der Waals surface area contributed by atoms with Crippen LogP contribution in [0.1, 0.15) is 11.5 Å². The summed E-state index contributed by atoms with van der Waals surface area (Å²) < 4.78 is 21.4. The van der Waals surface area contributed by atoms with Gasteiger partial charge in [-0.25, -0.2) is 0 Å². The van der Waals surface area contributed by atoms with Crippen molar-refractivity contribution in [2.45, 2.75) is 12.0 Å². The Labute approximate surface area is 157 Å². The van der Waals surface area contributed by atoms with Crippen LogP contribution in [-0.4, -0.2) is 50.4 Å². The molecule has 1 fully saturated rings. The van der Waals surface area contributed by atoms with Gasteiger partial charge in [0.15, 0.2) is 18.1 Å². The zero-order valence-corrected chi connectivity index (χ0v) is 15.1. The van der Waals surface area contributed by atoms with E-state index in [9.17, 15) is 4.79 Å². The van der Waals surface area contributed by atoms with E-state index in [0.717, 1.165) is 11.3 Å². The number of amides is 1. The van der Waals surface area contributed by atoms with Gasteiger partial charge in [-0.3, -0.25) is 4.79 Å². The Balaban J connectivity index is 1.35. The van der Waals surface area contributed by atoms with Crippen molar-refractivity contribution in [3.05, 3.63) is 48.0 Å². The van der Waals surface area contributed by atoms with E-state index in [4.69, 9.17) is 24.7 Å². The fourth-order valence-corrected chi connectivity index (χ4v) is 3.44. The highest BCUT2D eigenvalue weighted by atomic mass is 16.7. The minimum Gasteiger partial charge on any atom is -0.497 e. The second-order valence-electron chi connectivity index (χ2n) is 6.65. The third-order valence-corrected chi connectivity index (χ3v) is 4.97. The normalized spacial score (nSPS) is 20.6. The minimum absolute atomic E-state index is 0.0400. The van der Waals surface area contributed by atoms with Crippen molar-refractivity contribution >= 4 is 5.91 Å². The lowest BCUT2D eigenvalue weighted by Crippen LogP contribution is -2.35. The molecule has 2 aliphatic rings. The second-order valence-corrected chi connectivity index (χ2v) is 6.65. The van der Waals surface area contributed by atoms with Gasteiger partial charge in [-0.05, 0) is 29.8 Å². The van der Waals surface area contributed by atoms with Gasteiger partial charge in [-0.15, -0.1) is 0 Å². The van der Waals surface area contributed by atoms with E-state index in [-0.39, 0.29) is 31.3 Å². The van der Waals surface area contributed by atoms with Gasteiger partial charge in [0.1, 0.15) is 11.5 Å². The van der Waals surface area contributed by atoms with Crippen LogP contribution < -0.4 is 24.7 Å². The maximum Gasteiger partial charge on any atom is 0.260 e. The average molecular weight is 370 g/mol. The quantitative estimate of drug-likeness (QED) is 0.863. The highest BCUT2D eigenvalue weighted by molar-refractivity contribution is 5.78. The first kappa shape index (κ1) is 17.5. The van der Waals surface area contributed by atoms with Gasteiger partial charge in [0.05, 0.1) is 7.11 Å². The Morgan fingerprint density at radius 3 is 2.63 bits per heavy atom. The molecule has 0 radical (unpaired) electrons. The predicted molar refractivity (Wildman–Crippen MR) is 98.4 cm³/mol. The summed E-state index contributed by atoms with van der Waals surface area (Å²) in [6.45, 7) is 1.26. The fraction of sp³-hybridized carbons (Fsp3) is 0.350. The van der Waals surface area contributed by atoms with Crippen molar-refractivity contribution in [1.82, 2.24) is 4.90 Å². The third-order valence-electron chi connectivity index (χ3n) is 4.97. The van der Waals surface area contributed by atoms with Gasteiger partial charge in [0, 0.05) is 31.1 Å². The molecule has 0 bridgehead atoms. The fourth-order valence-electron chi connectivity index (χ4n) is 3.44. The monoisotopic (exact) mass is 370 g/mol. The van der Waals surface area contributed by atoms with Crippen LogP contribution in [0.4, 0.5) is 0 Å². The van der Waals surface area contributed by atoms with Crippen LogP contribution in [-0.2, 0) is 4.79 Å². The molecule has 1 amide bonds. The number of nitrogens with two attached hydrogens (primary N) is 1. The summed E-state index contributed by atoms with van der Waals surface area (Å²) in [6.07, 6.45) is 0. The summed E-state index contributed by atoms with van der Waals surface area (Å²) in [5.74, 6) is 2.70. The van der Waals surface area contributed by atoms with E-state index in [1.807, 2.05) is 24.3 Å². The highest BCUT2D eigenvalue weighted by Crippen LogP contribution is 2.35. The zero-order valence-electron chi connectivity index (χ0n) is 15.1. The molecule has 4 rings (SSSR count). The molecule has 142 valence electrons. The Morgan fingerprint density at radius 1 is 1.11 bits per heavy atom. The van der Waals surface area contributed by atoms with Gasteiger partial charge in [-0.2, -0.15) is 0 Å². The number of fused-ring (bicyclic) bond motifs is 1. The lowest BCUT2D eigenvalue weighted by atomic mass is 9.95. The van der Waals surface area contributed by atoms with E-state index >= 15 is 0 Å². The summed E-state index contributed by atoms with van der Waals surface area (Å²) >= 11 is 0. The Hall–Kier alpha value is -2.93. The highest BCUT2D eigenvalue weighted by Gasteiger charge is 2.34. The van der Waals surface area contributed by atoms with Crippen molar-refractivity contribution in [3.8, 4) is 23.0 Å². The molecule has 2 aliphatic heterocycles. The SMILES string of the molecule is COc1ccc([C@H]2CN(C(=O)COc3ccc4c(c3)OCO4)C[C@@H]2N)cc1. The summed E-state index contributed by atoms with van der Waals surface area (Å²) in [4.78, 5) is 14.3. The van der Waals surface area contributed by atoms with Gasteiger partial charge >= 0.3 is 0 Å². The van der Waals surface area contributed by atoms with E-state index in [0.29, 0.717) is 30.3 Å². The molecule has 7 heteroatoms. The molecule has 0 aromatic heterocycles. The number of methoxy groups -OCH3 is 1. The molecule has 1 saturated heterocycles. The minimum atomic E-state index is -0.104. The zero-order chi connectivity index (χ0) is 18.8.